The lowest BCUT2D eigenvalue weighted by Crippen LogP contribution is -2.17. The molecule has 0 radical (unpaired) electrons. The van der Waals surface area contributed by atoms with Crippen molar-refractivity contribution in [1.29, 1.82) is 0 Å². The number of nitrogen functional groups attached to an aromatic ring is 1. The van der Waals surface area contributed by atoms with Gasteiger partial charge in [0.1, 0.15) is 5.75 Å². The molecule has 0 amide bonds. The van der Waals surface area contributed by atoms with Gasteiger partial charge in [-0.15, -0.1) is 13.2 Å². The van der Waals surface area contributed by atoms with E-state index in [4.69, 9.17) is 5.73 Å². The van der Waals surface area contributed by atoms with Gasteiger partial charge in [0.2, 0.25) is 0 Å². The predicted molar refractivity (Wildman–Crippen MR) is 65.1 cm³/mol. The average molecular weight is 260 g/mol. The van der Waals surface area contributed by atoms with Gasteiger partial charge in [-0.2, -0.15) is 0 Å². The summed E-state index contributed by atoms with van der Waals surface area (Å²) in [6, 6.07) is 4.02. The summed E-state index contributed by atoms with van der Waals surface area (Å²) >= 11 is 0. The van der Waals surface area contributed by atoms with Crippen molar-refractivity contribution in [2.45, 2.75) is 12.8 Å². The molecule has 3 N–H and O–H groups in total. The second kappa shape index (κ2) is 6.30. The number of hydrogen-bond donors (Lipinski definition) is 2. The Morgan fingerprint density at radius 3 is 2.72 bits per heavy atom. The maximum Gasteiger partial charge on any atom is 0.573 e. The van der Waals surface area contributed by atoms with Crippen LogP contribution in [0.3, 0.4) is 0 Å². The van der Waals surface area contributed by atoms with Crippen molar-refractivity contribution in [3.63, 3.8) is 0 Å². The molecular formula is C12H15F3N2O. The minimum Gasteiger partial charge on any atom is -0.405 e. The lowest BCUT2D eigenvalue weighted by atomic mass is 10.1. The molecule has 18 heavy (non-hydrogen) atoms. The Kier molecular flexibility index (Phi) is 5.03. The van der Waals surface area contributed by atoms with E-state index in [2.05, 4.69) is 10.1 Å². The number of benzene rings is 1. The number of rotatable bonds is 5. The van der Waals surface area contributed by atoms with Crippen molar-refractivity contribution in [2.24, 2.45) is 0 Å². The number of anilines is 1. The van der Waals surface area contributed by atoms with Crippen molar-refractivity contribution in [1.82, 2.24) is 5.32 Å². The molecule has 100 valence electrons. The Balaban J connectivity index is 2.86. The molecule has 0 heterocycles. The molecule has 1 rings (SSSR count). The quantitative estimate of drug-likeness (QED) is 0.632. The summed E-state index contributed by atoms with van der Waals surface area (Å²) in [7, 11) is 1.80. The van der Waals surface area contributed by atoms with Crippen LogP contribution in [0.4, 0.5) is 18.9 Å². The van der Waals surface area contributed by atoms with Gasteiger partial charge in [-0.3, -0.25) is 0 Å². The third-order valence-corrected chi connectivity index (χ3v) is 2.12. The molecule has 6 heteroatoms. The number of halogens is 3. The zero-order valence-corrected chi connectivity index (χ0v) is 9.92. The Morgan fingerprint density at radius 1 is 1.39 bits per heavy atom. The molecular weight excluding hydrogens is 245 g/mol. The summed E-state index contributed by atoms with van der Waals surface area (Å²) in [5, 5.41) is 2.93. The minimum atomic E-state index is -4.70. The van der Waals surface area contributed by atoms with Gasteiger partial charge in [0, 0.05) is 11.3 Å². The molecule has 0 aliphatic heterocycles. The molecule has 1 aromatic carbocycles. The predicted octanol–water partition coefficient (Wildman–Crippen LogP) is 2.79. The normalized spacial score (nSPS) is 12.0. The summed E-state index contributed by atoms with van der Waals surface area (Å²) in [4.78, 5) is 0. The topological polar surface area (TPSA) is 47.3 Å². The average Bonchev–Trinajstić information content (AvgIpc) is 2.26. The van der Waals surface area contributed by atoms with Gasteiger partial charge >= 0.3 is 6.36 Å². The van der Waals surface area contributed by atoms with Gasteiger partial charge in [-0.25, -0.2) is 0 Å². The van der Waals surface area contributed by atoms with Crippen LogP contribution in [0, 0.1) is 0 Å². The molecule has 0 bridgehead atoms. The zero-order valence-electron chi connectivity index (χ0n) is 9.92. The number of nitrogens with one attached hydrogen (secondary N) is 1. The maximum absolute atomic E-state index is 12.2. The van der Waals surface area contributed by atoms with E-state index >= 15 is 0 Å². The first kappa shape index (κ1) is 14.4. The maximum atomic E-state index is 12.2. The smallest absolute Gasteiger partial charge is 0.405 e. The fourth-order valence-corrected chi connectivity index (χ4v) is 1.35. The standard InChI is InChI=1S/C12H15F3N2O/c1-17-7-3-2-4-9-8-10(16)5-6-11(9)18-12(13,14)15/h2,4-6,8,17H,3,7,16H2,1H3. The van der Waals surface area contributed by atoms with Gasteiger partial charge < -0.3 is 15.8 Å². The minimum absolute atomic E-state index is 0.252. The largest absolute Gasteiger partial charge is 0.573 e. The van der Waals surface area contributed by atoms with Crippen LogP contribution in [0.25, 0.3) is 6.08 Å². The summed E-state index contributed by atoms with van der Waals surface area (Å²) in [6.45, 7) is 0.744. The molecule has 0 aromatic heterocycles. The molecule has 0 atom stereocenters. The van der Waals surface area contributed by atoms with E-state index < -0.39 is 6.36 Å². The van der Waals surface area contributed by atoms with Crippen LogP contribution in [0.15, 0.2) is 24.3 Å². The van der Waals surface area contributed by atoms with E-state index in [-0.39, 0.29) is 5.75 Å². The number of ether oxygens (including phenoxy) is 1. The van der Waals surface area contributed by atoms with E-state index in [0.29, 0.717) is 17.7 Å². The van der Waals surface area contributed by atoms with Crippen LogP contribution < -0.4 is 15.8 Å². The van der Waals surface area contributed by atoms with E-state index in [9.17, 15) is 13.2 Å². The van der Waals surface area contributed by atoms with E-state index in [1.807, 2.05) is 0 Å². The first-order chi connectivity index (χ1) is 8.42. The lowest BCUT2D eigenvalue weighted by Gasteiger charge is -2.11. The van der Waals surface area contributed by atoms with Crippen molar-refractivity contribution in [2.75, 3.05) is 19.3 Å². The highest BCUT2D eigenvalue weighted by atomic mass is 19.4. The molecule has 0 saturated carbocycles. The van der Waals surface area contributed by atoms with E-state index in [1.54, 1.807) is 19.2 Å². The van der Waals surface area contributed by atoms with E-state index in [1.165, 1.54) is 18.2 Å². The van der Waals surface area contributed by atoms with Gasteiger partial charge in [0.05, 0.1) is 0 Å². The van der Waals surface area contributed by atoms with Crippen molar-refractivity contribution in [3.05, 3.63) is 29.8 Å². The van der Waals surface area contributed by atoms with Gasteiger partial charge in [-0.05, 0) is 38.2 Å². The Morgan fingerprint density at radius 2 is 2.11 bits per heavy atom. The summed E-state index contributed by atoms with van der Waals surface area (Å²) in [6.07, 6.45) is -0.677. The highest BCUT2D eigenvalue weighted by molar-refractivity contribution is 5.62. The highest BCUT2D eigenvalue weighted by Crippen LogP contribution is 2.28. The molecule has 3 nitrogen and oxygen atoms in total. The Labute approximate surface area is 103 Å². The van der Waals surface area contributed by atoms with Gasteiger partial charge in [0.25, 0.3) is 0 Å². The van der Waals surface area contributed by atoms with Crippen LogP contribution in [-0.2, 0) is 0 Å². The third-order valence-electron chi connectivity index (χ3n) is 2.12. The highest BCUT2D eigenvalue weighted by Gasteiger charge is 2.31. The monoisotopic (exact) mass is 260 g/mol. The van der Waals surface area contributed by atoms with Crippen molar-refractivity contribution < 1.29 is 17.9 Å². The Hall–Kier alpha value is -1.69. The molecule has 0 saturated heterocycles. The molecule has 1 aromatic rings. The number of hydrogen-bond acceptors (Lipinski definition) is 3. The molecule has 0 aliphatic carbocycles. The molecule has 0 fully saturated rings. The number of alkyl halides is 3. The summed E-state index contributed by atoms with van der Waals surface area (Å²) in [5.74, 6) is -0.252. The molecule has 0 spiro atoms. The SMILES string of the molecule is CNCCC=Cc1cc(N)ccc1OC(F)(F)F. The summed E-state index contributed by atoms with van der Waals surface area (Å²) < 4.78 is 40.5. The second-order valence-electron chi connectivity index (χ2n) is 3.64. The van der Waals surface area contributed by atoms with Gasteiger partial charge in [0.15, 0.2) is 0 Å². The first-order valence-corrected chi connectivity index (χ1v) is 5.39. The van der Waals surface area contributed by atoms with Crippen molar-refractivity contribution in [3.8, 4) is 5.75 Å². The van der Waals surface area contributed by atoms with Gasteiger partial charge in [-0.1, -0.05) is 12.2 Å². The Bertz CT molecular complexity index is 416. The molecule has 0 unspecified atom stereocenters. The summed E-state index contributed by atoms with van der Waals surface area (Å²) in [5.41, 5.74) is 6.23. The zero-order chi connectivity index (χ0) is 13.6. The van der Waals surface area contributed by atoms with Crippen LogP contribution in [0.1, 0.15) is 12.0 Å². The fraction of sp³-hybridized carbons (Fsp3) is 0.333. The van der Waals surface area contributed by atoms with Crippen LogP contribution in [0.2, 0.25) is 0 Å². The first-order valence-electron chi connectivity index (χ1n) is 5.39. The van der Waals surface area contributed by atoms with E-state index in [0.717, 1.165) is 6.54 Å². The van der Waals surface area contributed by atoms with Crippen LogP contribution in [-0.4, -0.2) is 20.0 Å². The second-order valence-corrected chi connectivity index (χ2v) is 3.64. The number of nitrogens with two attached hydrogens (primary N) is 1. The fourth-order valence-electron chi connectivity index (χ4n) is 1.35. The van der Waals surface area contributed by atoms with Crippen molar-refractivity contribution >= 4 is 11.8 Å². The van der Waals surface area contributed by atoms with Crippen LogP contribution in [0.5, 0.6) is 5.75 Å². The van der Waals surface area contributed by atoms with Crippen LogP contribution >= 0.6 is 0 Å². The lowest BCUT2D eigenvalue weighted by molar-refractivity contribution is -0.274. The molecule has 0 aliphatic rings. The third kappa shape index (κ3) is 5.09.